The van der Waals surface area contributed by atoms with Gasteiger partial charge in [0, 0.05) is 17.9 Å². The van der Waals surface area contributed by atoms with Gasteiger partial charge in [0.15, 0.2) is 0 Å². The largest absolute Gasteiger partial charge is 0.327 e. The normalized spacial score (nSPS) is 20.8. The molecule has 2 heteroatoms. The van der Waals surface area contributed by atoms with Gasteiger partial charge in [-0.1, -0.05) is 13.8 Å². The summed E-state index contributed by atoms with van der Waals surface area (Å²) in [5.41, 5.74) is 9.82. The number of pyridine rings is 1. The molecule has 0 saturated heterocycles. The fourth-order valence-electron chi connectivity index (χ4n) is 1.87. The third-order valence-electron chi connectivity index (χ3n) is 2.66. The van der Waals surface area contributed by atoms with Crippen LogP contribution in [0.3, 0.4) is 0 Å². The Morgan fingerprint density at radius 1 is 1.38 bits per heavy atom. The van der Waals surface area contributed by atoms with Gasteiger partial charge in [-0.05, 0) is 36.0 Å². The van der Waals surface area contributed by atoms with Crippen LogP contribution >= 0.6 is 0 Å². The van der Waals surface area contributed by atoms with Crippen molar-refractivity contribution in [1.29, 1.82) is 0 Å². The zero-order valence-electron chi connectivity index (χ0n) is 8.25. The summed E-state index contributed by atoms with van der Waals surface area (Å²) in [5, 5.41) is 0. The molecule has 1 heterocycles. The van der Waals surface area contributed by atoms with Crippen LogP contribution in [0.15, 0.2) is 12.3 Å². The van der Waals surface area contributed by atoms with E-state index in [1.807, 2.05) is 6.20 Å². The Morgan fingerprint density at radius 2 is 2.08 bits per heavy atom. The number of nitrogens with zero attached hydrogens (tertiary/aromatic N) is 1. The molecule has 0 aliphatic heterocycles. The number of hydrogen-bond acceptors (Lipinski definition) is 2. The predicted molar refractivity (Wildman–Crippen MR) is 53.7 cm³/mol. The molecular formula is C11H16N2. The van der Waals surface area contributed by atoms with Crippen LogP contribution < -0.4 is 5.73 Å². The summed E-state index contributed by atoms with van der Waals surface area (Å²) < 4.78 is 0. The van der Waals surface area contributed by atoms with Crippen LogP contribution in [0.4, 0.5) is 0 Å². The maximum Gasteiger partial charge on any atom is 0.0431 e. The van der Waals surface area contributed by atoms with Gasteiger partial charge in [-0.3, -0.25) is 4.98 Å². The van der Waals surface area contributed by atoms with Crippen molar-refractivity contribution in [3.05, 3.63) is 29.1 Å². The standard InChI is InChI=1S/C11H16N2/c1-7(2)11-5-8-3-10(12)4-9(8)6-13-11/h5-7,10H,3-4,12H2,1-2H3. The van der Waals surface area contributed by atoms with Crippen LogP contribution in [0.2, 0.25) is 0 Å². The first-order valence-corrected chi connectivity index (χ1v) is 4.90. The molecule has 0 fully saturated rings. The van der Waals surface area contributed by atoms with Crippen molar-refractivity contribution in [3.8, 4) is 0 Å². The number of nitrogens with two attached hydrogens (primary N) is 1. The van der Waals surface area contributed by atoms with Crippen molar-refractivity contribution in [2.75, 3.05) is 0 Å². The second-order valence-corrected chi connectivity index (χ2v) is 4.20. The van der Waals surface area contributed by atoms with Crippen molar-refractivity contribution in [2.24, 2.45) is 5.73 Å². The van der Waals surface area contributed by atoms with E-state index in [-0.39, 0.29) is 0 Å². The first kappa shape index (κ1) is 8.70. The molecule has 1 aliphatic carbocycles. The Morgan fingerprint density at radius 3 is 2.77 bits per heavy atom. The Hall–Kier alpha value is -0.890. The van der Waals surface area contributed by atoms with E-state index >= 15 is 0 Å². The Kier molecular flexibility index (Phi) is 2.08. The zero-order chi connectivity index (χ0) is 9.42. The molecule has 1 aromatic heterocycles. The third kappa shape index (κ3) is 1.59. The zero-order valence-corrected chi connectivity index (χ0v) is 8.25. The van der Waals surface area contributed by atoms with Gasteiger partial charge in [0.1, 0.15) is 0 Å². The Labute approximate surface area is 79.2 Å². The van der Waals surface area contributed by atoms with E-state index in [2.05, 4.69) is 24.9 Å². The van der Waals surface area contributed by atoms with E-state index in [9.17, 15) is 0 Å². The number of aromatic nitrogens is 1. The smallest absolute Gasteiger partial charge is 0.0431 e. The molecule has 1 aromatic rings. The second-order valence-electron chi connectivity index (χ2n) is 4.20. The molecule has 1 unspecified atom stereocenters. The Bertz CT molecular complexity index is 318. The van der Waals surface area contributed by atoms with Gasteiger partial charge in [0.2, 0.25) is 0 Å². The van der Waals surface area contributed by atoms with Crippen molar-refractivity contribution in [2.45, 2.75) is 38.6 Å². The Balaban J connectivity index is 2.35. The lowest BCUT2D eigenvalue weighted by Crippen LogP contribution is -2.18. The highest BCUT2D eigenvalue weighted by Crippen LogP contribution is 2.23. The van der Waals surface area contributed by atoms with Crippen LogP contribution in [0, 0.1) is 0 Å². The molecule has 13 heavy (non-hydrogen) atoms. The lowest BCUT2D eigenvalue weighted by atomic mass is 10.1. The molecular weight excluding hydrogens is 160 g/mol. The number of fused-ring (bicyclic) bond motifs is 1. The third-order valence-corrected chi connectivity index (χ3v) is 2.66. The van der Waals surface area contributed by atoms with Gasteiger partial charge in [-0.25, -0.2) is 0 Å². The fourth-order valence-corrected chi connectivity index (χ4v) is 1.87. The monoisotopic (exact) mass is 176 g/mol. The SMILES string of the molecule is CC(C)c1cc2c(cn1)CC(N)C2. The lowest BCUT2D eigenvalue weighted by Gasteiger charge is -2.05. The van der Waals surface area contributed by atoms with Crippen LogP contribution in [-0.2, 0) is 12.8 Å². The predicted octanol–water partition coefficient (Wildman–Crippen LogP) is 1.63. The first-order valence-electron chi connectivity index (χ1n) is 4.90. The molecule has 0 radical (unpaired) electrons. The van der Waals surface area contributed by atoms with E-state index in [1.54, 1.807) is 0 Å². The van der Waals surface area contributed by atoms with Crippen molar-refractivity contribution in [3.63, 3.8) is 0 Å². The summed E-state index contributed by atoms with van der Waals surface area (Å²) in [6, 6.07) is 2.53. The van der Waals surface area contributed by atoms with Gasteiger partial charge >= 0.3 is 0 Å². The summed E-state index contributed by atoms with van der Waals surface area (Å²) in [7, 11) is 0. The molecule has 0 spiro atoms. The molecule has 0 saturated carbocycles. The first-order chi connectivity index (χ1) is 6.16. The van der Waals surface area contributed by atoms with Gasteiger partial charge in [0.05, 0.1) is 0 Å². The van der Waals surface area contributed by atoms with E-state index in [0.717, 1.165) is 12.8 Å². The van der Waals surface area contributed by atoms with Crippen molar-refractivity contribution >= 4 is 0 Å². The minimum absolute atomic E-state index is 0.319. The summed E-state index contributed by atoms with van der Waals surface area (Å²) in [4.78, 5) is 4.43. The number of rotatable bonds is 1. The molecule has 2 N–H and O–H groups in total. The van der Waals surface area contributed by atoms with Crippen molar-refractivity contribution in [1.82, 2.24) is 4.98 Å². The van der Waals surface area contributed by atoms with Crippen molar-refractivity contribution < 1.29 is 0 Å². The van der Waals surface area contributed by atoms with Gasteiger partial charge in [-0.15, -0.1) is 0 Å². The quantitative estimate of drug-likeness (QED) is 0.706. The fraction of sp³-hybridized carbons (Fsp3) is 0.545. The van der Waals surface area contributed by atoms with E-state index in [0.29, 0.717) is 12.0 Å². The summed E-state index contributed by atoms with van der Waals surface area (Å²) >= 11 is 0. The highest BCUT2D eigenvalue weighted by molar-refractivity contribution is 5.33. The van der Waals surface area contributed by atoms with Crippen LogP contribution in [-0.4, -0.2) is 11.0 Å². The molecule has 1 atom stereocenters. The maximum atomic E-state index is 5.88. The minimum Gasteiger partial charge on any atom is -0.327 e. The van der Waals surface area contributed by atoms with E-state index < -0.39 is 0 Å². The van der Waals surface area contributed by atoms with Gasteiger partial charge < -0.3 is 5.73 Å². The molecule has 70 valence electrons. The van der Waals surface area contributed by atoms with E-state index in [4.69, 9.17) is 5.73 Å². The summed E-state index contributed by atoms with van der Waals surface area (Å²) in [5.74, 6) is 0.516. The molecule has 2 nitrogen and oxygen atoms in total. The molecule has 0 amide bonds. The highest BCUT2D eigenvalue weighted by Gasteiger charge is 2.18. The average Bonchev–Trinajstić information content (AvgIpc) is 2.42. The summed E-state index contributed by atoms with van der Waals surface area (Å²) in [6.07, 6.45) is 4.02. The molecule has 0 bridgehead atoms. The van der Waals surface area contributed by atoms with Crippen LogP contribution in [0.25, 0.3) is 0 Å². The summed E-state index contributed by atoms with van der Waals surface area (Å²) in [6.45, 7) is 4.34. The minimum atomic E-state index is 0.319. The molecule has 0 aromatic carbocycles. The van der Waals surface area contributed by atoms with Crippen LogP contribution in [0.5, 0.6) is 0 Å². The number of hydrogen-bond donors (Lipinski definition) is 1. The average molecular weight is 176 g/mol. The molecule has 2 rings (SSSR count). The van der Waals surface area contributed by atoms with Gasteiger partial charge in [0.25, 0.3) is 0 Å². The van der Waals surface area contributed by atoms with Crippen LogP contribution in [0.1, 0.15) is 36.6 Å². The topological polar surface area (TPSA) is 38.9 Å². The molecule has 1 aliphatic rings. The second kappa shape index (κ2) is 3.11. The van der Waals surface area contributed by atoms with Gasteiger partial charge in [-0.2, -0.15) is 0 Å². The van der Waals surface area contributed by atoms with E-state index in [1.165, 1.54) is 16.8 Å². The lowest BCUT2D eigenvalue weighted by molar-refractivity contribution is 0.721. The highest BCUT2D eigenvalue weighted by atomic mass is 14.7. The maximum absolute atomic E-state index is 5.88.